The highest BCUT2D eigenvalue weighted by molar-refractivity contribution is 7.99. The van der Waals surface area contributed by atoms with E-state index >= 15 is 0 Å². The maximum Gasteiger partial charge on any atom is 0.0161 e. The van der Waals surface area contributed by atoms with E-state index in [0.717, 1.165) is 30.0 Å². The minimum absolute atomic E-state index is 0.731. The van der Waals surface area contributed by atoms with Gasteiger partial charge in [-0.15, -0.1) is 0 Å². The molecule has 3 fully saturated rings. The Kier molecular flexibility index (Phi) is 4.76. The molecule has 2 aliphatic heterocycles. The number of nitrogens with one attached hydrogen (secondary N) is 1. The second-order valence-corrected chi connectivity index (χ2v) is 8.26. The van der Waals surface area contributed by atoms with Crippen molar-refractivity contribution in [1.82, 2.24) is 10.2 Å². The average molecular weight is 282 g/mol. The van der Waals surface area contributed by atoms with Crippen molar-refractivity contribution < 1.29 is 0 Å². The van der Waals surface area contributed by atoms with E-state index in [9.17, 15) is 0 Å². The number of fused-ring (bicyclic) bond motifs is 2. The third kappa shape index (κ3) is 3.30. The van der Waals surface area contributed by atoms with Crippen LogP contribution in [0.4, 0.5) is 0 Å². The fraction of sp³-hybridized carbons (Fsp3) is 1.00. The molecule has 0 amide bonds. The first-order valence-corrected chi connectivity index (χ1v) is 9.47. The van der Waals surface area contributed by atoms with Crippen molar-refractivity contribution in [2.45, 2.75) is 64.1 Å². The van der Waals surface area contributed by atoms with Gasteiger partial charge in [-0.25, -0.2) is 0 Å². The number of nitrogens with zero attached hydrogens (tertiary/aromatic N) is 1. The van der Waals surface area contributed by atoms with E-state index in [1.165, 1.54) is 56.7 Å². The summed E-state index contributed by atoms with van der Waals surface area (Å²) < 4.78 is 0. The van der Waals surface area contributed by atoms with Gasteiger partial charge in [-0.05, 0) is 57.1 Å². The highest BCUT2D eigenvalue weighted by atomic mass is 32.2. The van der Waals surface area contributed by atoms with E-state index in [-0.39, 0.29) is 0 Å². The number of piperidine rings is 1. The zero-order valence-corrected chi connectivity index (χ0v) is 13.4. The van der Waals surface area contributed by atoms with Crippen molar-refractivity contribution in [3.05, 3.63) is 0 Å². The minimum Gasteiger partial charge on any atom is -0.310 e. The van der Waals surface area contributed by atoms with E-state index in [2.05, 4.69) is 35.8 Å². The Labute approximate surface area is 123 Å². The van der Waals surface area contributed by atoms with E-state index in [1.807, 2.05) is 0 Å². The first kappa shape index (κ1) is 14.2. The number of hydrogen-bond acceptors (Lipinski definition) is 3. The zero-order valence-electron chi connectivity index (χ0n) is 12.6. The van der Waals surface area contributed by atoms with Crippen LogP contribution in [-0.2, 0) is 0 Å². The van der Waals surface area contributed by atoms with Gasteiger partial charge >= 0.3 is 0 Å². The van der Waals surface area contributed by atoms with E-state index in [1.54, 1.807) is 0 Å². The predicted octanol–water partition coefficient (Wildman–Crippen LogP) is 2.98. The lowest BCUT2D eigenvalue weighted by Crippen LogP contribution is -2.60. The lowest BCUT2D eigenvalue weighted by Gasteiger charge is -2.50. The van der Waals surface area contributed by atoms with Gasteiger partial charge in [0.25, 0.3) is 0 Å². The van der Waals surface area contributed by atoms with Crippen molar-refractivity contribution in [2.24, 2.45) is 11.8 Å². The summed E-state index contributed by atoms with van der Waals surface area (Å²) in [5.74, 6) is 4.57. The van der Waals surface area contributed by atoms with Crippen molar-refractivity contribution in [3.63, 3.8) is 0 Å². The van der Waals surface area contributed by atoms with Gasteiger partial charge in [0.05, 0.1) is 0 Å². The zero-order chi connectivity index (χ0) is 13.2. The maximum absolute atomic E-state index is 4.07. The first-order chi connectivity index (χ1) is 9.24. The normalized spacial score (nSPS) is 40.6. The van der Waals surface area contributed by atoms with Crippen LogP contribution in [0.1, 0.15) is 46.0 Å². The summed E-state index contributed by atoms with van der Waals surface area (Å²) in [7, 11) is 0. The summed E-state index contributed by atoms with van der Waals surface area (Å²) in [5.41, 5.74) is 0. The van der Waals surface area contributed by atoms with Gasteiger partial charge in [-0.1, -0.05) is 6.42 Å². The molecule has 1 saturated carbocycles. The average Bonchev–Trinajstić information content (AvgIpc) is 2.39. The Hall–Kier alpha value is 0.270. The summed E-state index contributed by atoms with van der Waals surface area (Å²) >= 11 is 2.15. The lowest BCUT2D eigenvalue weighted by molar-refractivity contribution is 0.0255. The molecule has 0 spiro atoms. The molecule has 3 atom stereocenters. The van der Waals surface area contributed by atoms with Crippen LogP contribution in [0.3, 0.4) is 0 Å². The third-order valence-electron chi connectivity index (χ3n) is 5.42. The number of thioether (sulfide) groups is 1. The molecular weight excluding hydrogens is 252 g/mol. The van der Waals surface area contributed by atoms with Crippen LogP contribution >= 0.6 is 11.8 Å². The van der Waals surface area contributed by atoms with Crippen LogP contribution in [0.15, 0.2) is 0 Å². The molecule has 0 aromatic heterocycles. The molecule has 2 nitrogen and oxygen atoms in total. The SMILES string of the molecule is CC(C)N1CC2CCCC(C1)C2NC1CCCSC1. The standard InChI is InChI=1S/C16H30N2S/c1-12(2)18-9-13-5-3-6-14(10-18)16(13)17-15-7-4-8-19-11-15/h12-17H,3-11H2,1-2H3. The van der Waals surface area contributed by atoms with E-state index in [4.69, 9.17) is 0 Å². The first-order valence-electron chi connectivity index (χ1n) is 8.32. The Morgan fingerprint density at radius 1 is 1.05 bits per heavy atom. The minimum atomic E-state index is 0.731. The summed E-state index contributed by atoms with van der Waals surface area (Å²) in [6, 6.07) is 2.36. The second kappa shape index (κ2) is 6.36. The molecule has 0 radical (unpaired) electrons. The van der Waals surface area contributed by atoms with Crippen LogP contribution in [0, 0.1) is 11.8 Å². The Morgan fingerprint density at radius 2 is 1.79 bits per heavy atom. The van der Waals surface area contributed by atoms with Gasteiger partial charge in [0.2, 0.25) is 0 Å². The van der Waals surface area contributed by atoms with Gasteiger partial charge in [0.1, 0.15) is 0 Å². The summed E-state index contributed by atoms with van der Waals surface area (Å²) in [5, 5.41) is 4.07. The number of hydrogen-bond donors (Lipinski definition) is 1. The molecule has 0 aromatic carbocycles. The Balaban J connectivity index is 1.61. The molecule has 2 heterocycles. The van der Waals surface area contributed by atoms with Gasteiger partial charge < -0.3 is 10.2 Å². The quantitative estimate of drug-likeness (QED) is 0.857. The van der Waals surface area contributed by atoms with Crippen LogP contribution in [0.2, 0.25) is 0 Å². The molecule has 110 valence electrons. The largest absolute Gasteiger partial charge is 0.310 e. The van der Waals surface area contributed by atoms with Crippen LogP contribution < -0.4 is 5.32 Å². The Bertz CT molecular complexity index is 274. The molecule has 1 aliphatic carbocycles. The third-order valence-corrected chi connectivity index (χ3v) is 6.64. The number of rotatable bonds is 3. The van der Waals surface area contributed by atoms with Gasteiger partial charge in [0.15, 0.2) is 0 Å². The fourth-order valence-electron chi connectivity index (χ4n) is 4.31. The number of likely N-dealkylation sites (tertiary alicyclic amines) is 1. The predicted molar refractivity (Wildman–Crippen MR) is 84.8 cm³/mol. The van der Waals surface area contributed by atoms with Crippen molar-refractivity contribution >= 4 is 11.8 Å². The molecule has 2 saturated heterocycles. The highest BCUT2D eigenvalue weighted by Gasteiger charge is 2.40. The molecule has 2 bridgehead atoms. The molecule has 1 N–H and O–H groups in total. The topological polar surface area (TPSA) is 15.3 Å². The van der Waals surface area contributed by atoms with Crippen LogP contribution in [0.25, 0.3) is 0 Å². The van der Waals surface area contributed by atoms with E-state index in [0.29, 0.717) is 0 Å². The second-order valence-electron chi connectivity index (χ2n) is 7.11. The van der Waals surface area contributed by atoms with Crippen molar-refractivity contribution in [1.29, 1.82) is 0 Å². The smallest absolute Gasteiger partial charge is 0.0161 e. The molecule has 0 aromatic rings. The highest BCUT2D eigenvalue weighted by Crippen LogP contribution is 2.36. The van der Waals surface area contributed by atoms with Gasteiger partial charge in [-0.3, -0.25) is 0 Å². The molecule has 3 rings (SSSR count). The Morgan fingerprint density at radius 3 is 2.37 bits per heavy atom. The van der Waals surface area contributed by atoms with Gasteiger partial charge in [0, 0.05) is 37.0 Å². The van der Waals surface area contributed by atoms with E-state index < -0.39 is 0 Å². The van der Waals surface area contributed by atoms with Crippen LogP contribution in [0.5, 0.6) is 0 Å². The molecule has 3 unspecified atom stereocenters. The molecule has 19 heavy (non-hydrogen) atoms. The van der Waals surface area contributed by atoms with Crippen molar-refractivity contribution in [3.8, 4) is 0 Å². The molecular formula is C16H30N2S. The lowest BCUT2D eigenvalue weighted by atomic mass is 9.73. The summed E-state index contributed by atoms with van der Waals surface area (Å²) in [6.07, 6.45) is 7.21. The van der Waals surface area contributed by atoms with Crippen LogP contribution in [-0.4, -0.2) is 47.6 Å². The molecule has 3 aliphatic rings. The summed E-state index contributed by atoms with van der Waals surface area (Å²) in [6.45, 7) is 7.40. The molecule has 3 heteroatoms. The monoisotopic (exact) mass is 282 g/mol. The fourth-order valence-corrected chi connectivity index (χ4v) is 5.40. The maximum atomic E-state index is 4.07. The summed E-state index contributed by atoms with van der Waals surface area (Å²) in [4.78, 5) is 2.72. The van der Waals surface area contributed by atoms with Gasteiger partial charge in [-0.2, -0.15) is 11.8 Å². The van der Waals surface area contributed by atoms with Crippen molar-refractivity contribution in [2.75, 3.05) is 24.6 Å².